The fraction of sp³-hybridized carbons (Fsp3) is 0.571. The third-order valence-corrected chi connectivity index (χ3v) is 5.82. The van der Waals surface area contributed by atoms with Crippen LogP contribution in [0.25, 0.3) is 0 Å². The molecule has 28 heavy (non-hydrogen) atoms. The molecule has 1 aromatic carbocycles. The quantitative estimate of drug-likeness (QED) is 0.364. The maximum Gasteiger partial charge on any atom is 0.325 e. The van der Waals surface area contributed by atoms with Crippen LogP contribution in [0.3, 0.4) is 0 Å². The van der Waals surface area contributed by atoms with E-state index >= 15 is 0 Å². The Balaban J connectivity index is 2.78. The molecule has 0 aromatic heterocycles. The van der Waals surface area contributed by atoms with Crippen LogP contribution in [-0.4, -0.2) is 36.4 Å². The van der Waals surface area contributed by atoms with Gasteiger partial charge >= 0.3 is 5.97 Å². The van der Waals surface area contributed by atoms with E-state index in [1.807, 2.05) is 6.92 Å². The van der Waals surface area contributed by atoms with Crippen molar-refractivity contribution in [3.63, 3.8) is 0 Å². The molecule has 0 radical (unpaired) electrons. The summed E-state index contributed by atoms with van der Waals surface area (Å²) < 4.78 is 4.73. The van der Waals surface area contributed by atoms with Crippen LogP contribution in [0.15, 0.2) is 12.1 Å². The summed E-state index contributed by atoms with van der Waals surface area (Å²) >= 11 is 7.22. The number of ether oxygens (including phenoxy) is 1. The summed E-state index contributed by atoms with van der Waals surface area (Å²) in [5, 5.41) is 0.515. The van der Waals surface area contributed by atoms with Crippen molar-refractivity contribution in [3.05, 3.63) is 28.3 Å². The predicted octanol–water partition coefficient (Wildman–Crippen LogP) is 5.08. The molecular formula is C21H30ClNO4S. The third kappa shape index (κ3) is 7.84. The summed E-state index contributed by atoms with van der Waals surface area (Å²) in [5.74, 6) is -0.863. The predicted molar refractivity (Wildman–Crippen MR) is 116 cm³/mol. The number of thioether (sulfide) groups is 1. The molecule has 156 valence electrons. The molecule has 1 rings (SSSR count). The van der Waals surface area contributed by atoms with Crippen LogP contribution in [0.5, 0.6) is 0 Å². The Kier molecular flexibility index (Phi) is 11.2. The highest BCUT2D eigenvalue weighted by atomic mass is 35.5. The zero-order chi connectivity index (χ0) is 21.1. The number of carbonyl (C=O) groups is 3. The largest absolute Gasteiger partial charge is 0.468 e. The number of carbonyl (C=O) groups excluding carboxylic acids is 3. The van der Waals surface area contributed by atoms with Crippen molar-refractivity contribution in [2.45, 2.75) is 59.3 Å². The van der Waals surface area contributed by atoms with Gasteiger partial charge in [0.1, 0.15) is 6.54 Å². The van der Waals surface area contributed by atoms with Gasteiger partial charge in [0.25, 0.3) is 0 Å². The van der Waals surface area contributed by atoms with Gasteiger partial charge in [0.15, 0.2) is 5.12 Å². The van der Waals surface area contributed by atoms with E-state index in [-0.39, 0.29) is 23.3 Å². The smallest absolute Gasteiger partial charge is 0.325 e. The van der Waals surface area contributed by atoms with Crippen molar-refractivity contribution in [2.75, 3.05) is 24.3 Å². The second kappa shape index (κ2) is 12.8. The Morgan fingerprint density at radius 3 is 2.43 bits per heavy atom. The van der Waals surface area contributed by atoms with Gasteiger partial charge in [-0.1, -0.05) is 62.0 Å². The van der Waals surface area contributed by atoms with Crippen molar-refractivity contribution < 1.29 is 19.1 Å². The Morgan fingerprint density at radius 1 is 1.11 bits per heavy atom. The summed E-state index contributed by atoms with van der Waals surface area (Å²) in [5.41, 5.74) is 2.13. The van der Waals surface area contributed by atoms with Gasteiger partial charge in [-0.15, -0.1) is 0 Å². The van der Waals surface area contributed by atoms with Gasteiger partial charge in [0.2, 0.25) is 5.91 Å². The molecule has 0 fully saturated rings. The van der Waals surface area contributed by atoms with Gasteiger partial charge in [-0.2, -0.15) is 0 Å². The number of methoxy groups -OCH3 is 1. The van der Waals surface area contributed by atoms with E-state index in [0.717, 1.165) is 43.0 Å². The molecule has 0 N–H and O–H groups in total. The number of benzene rings is 1. The van der Waals surface area contributed by atoms with Crippen LogP contribution >= 0.6 is 23.4 Å². The van der Waals surface area contributed by atoms with Crippen LogP contribution in [0.2, 0.25) is 5.02 Å². The van der Waals surface area contributed by atoms with Crippen molar-refractivity contribution in [3.8, 4) is 0 Å². The fourth-order valence-corrected chi connectivity index (χ4v) is 3.76. The van der Waals surface area contributed by atoms with Gasteiger partial charge < -0.3 is 4.74 Å². The van der Waals surface area contributed by atoms with Crippen LogP contribution in [0.4, 0.5) is 5.69 Å². The number of nitrogens with zero attached hydrogens (tertiary/aromatic N) is 1. The minimum atomic E-state index is -0.528. The molecule has 7 heteroatoms. The lowest BCUT2D eigenvalue weighted by atomic mass is 10.1. The molecule has 1 amide bonds. The van der Waals surface area contributed by atoms with Gasteiger partial charge in [0, 0.05) is 11.4 Å². The van der Waals surface area contributed by atoms with Gasteiger partial charge in [-0.05, 0) is 37.5 Å². The second-order valence-electron chi connectivity index (χ2n) is 6.72. The lowest BCUT2D eigenvalue weighted by Gasteiger charge is -2.25. The Labute approximate surface area is 177 Å². The molecule has 0 spiro atoms. The minimum Gasteiger partial charge on any atom is -0.468 e. The van der Waals surface area contributed by atoms with Crippen molar-refractivity contribution >= 4 is 46.0 Å². The molecule has 0 bridgehead atoms. The molecule has 0 aliphatic rings. The van der Waals surface area contributed by atoms with Crippen LogP contribution in [0, 0.1) is 13.8 Å². The highest BCUT2D eigenvalue weighted by Crippen LogP contribution is 2.31. The topological polar surface area (TPSA) is 63.7 Å². The maximum atomic E-state index is 12.8. The van der Waals surface area contributed by atoms with Crippen molar-refractivity contribution in [1.29, 1.82) is 0 Å². The van der Waals surface area contributed by atoms with E-state index in [0.29, 0.717) is 22.7 Å². The normalized spacial score (nSPS) is 10.6. The molecule has 0 saturated carbocycles. The second-order valence-corrected chi connectivity index (χ2v) is 8.16. The van der Waals surface area contributed by atoms with Crippen LogP contribution < -0.4 is 4.90 Å². The first-order valence-electron chi connectivity index (χ1n) is 9.60. The third-order valence-electron chi connectivity index (χ3n) is 4.49. The van der Waals surface area contributed by atoms with Crippen LogP contribution in [-0.2, 0) is 19.1 Å². The van der Waals surface area contributed by atoms with Gasteiger partial charge in [-0.3, -0.25) is 19.3 Å². The number of anilines is 1. The maximum absolute atomic E-state index is 12.8. The molecule has 0 saturated heterocycles. The highest BCUT2D eigenvalue weighted by Gasteiger charge is 2.24. The zero-order valence-corrected chi connectivity index (χ0v) is 18.8. The van der Waals surface area contributed by atoms with Gasteiger partial charge in [0.05, 0.1) is 18.6 Å². The lowest BCUT2D eigenvalue weighted by Crippen LogP contribution is -2.38. The van der Waals surface area contributed by atoms with E-state index in [1.54, 1.807) is 19.1 Å². The number of halogens is 1. The zero-order valence-electron chi connectivity index (χ0n) is 17.2. The number of hydrogen-bond acceptors (Lipinski definition) is 5. The van der Waals surface area contributed by atoms with Crippen molar-refractivity contribution in [2.24, 2.45) is 0 Å². The molecule has 0 heterocycles. The average molecular weight is 428 g/mol. The van der Waals surface area contributed by atoms with Crippen molar-refractivity contribution in [1.82, 2.24) is 0 Å². The number of hydrogen-bond donors (Lipinski definition) is 0. The number of aryl methyl sites for hydroxylation is 1. The SMILES string of the molecule is CCCCCCCC(=O)SCC(=O)N(CC(=O)OC)c1c(C)ccc(Cl)c1C. The first-order chi connectivity index (χ1) is 13.3. The number of unbranched alkanes of at least 4 members (excludes halogenated alkanes) is 4. The summed E-state index contributed by atoms with van der Waals surface area (Å²) in [4.78, 5) is 38.1. The van der Waals surface area contributed by atoms with Gasteiger partial charge in [-0.25, -0.2) is 0 Å². The number of rotatable bonds is 11. The monoisotopic (exact) mass is 427 g/mol. The summed E-state index contributed by atoms with van der Waals surface area (Å²) in [7, 11) is 1.28. The van der Waals surface area contributed by atoms with E-state index in [4.69, 9.17) is 16.3 Å². The molecule has 5 nitrogen and oxygen atoms in total. The lowest BCUT2D eigenvalue weighted by molar-refractivity contribution is -0.139. The molecule has 0 aliphatic heterocycles. The Bertz CT molecular complexity index is 693. The number of amides is 1. The molecule has 0 unspecified atom stereocenters. The summed E-state index contributed by atoms with van der Waals surface area (Å²) in [6.45, 7) is 5.58. The molecule has 1 aromatic rings. The van der Waals surface area contributed by atoms with E-state index in [9.17, 15) is 14.4 Å². The number of esters is 1. The summed E-state index contributed by atoms with van der Waals surface area (Å²) in [6.07, 6.45) is 5.82. The Hall–Kier alpha value is -1.53. The first-order valence-corrected chi connectivity index (χ1v) is 11.0. The van der Waals surface area contributed by atoms with E-state index in [1.165, 1.54) is 18.4 Å². The summed E-state index contributed by atoms with van der Waals surface area (Å²) in [6, 6.07) is 3.56. The Morgan fingerprint density at radius 2 is 1.79 bits per heavy atom. The van der Waals surface area contributed by atoms with E-state index in [2.05, 4.69) is 6.92 Å². The molecule has 0 aliphatic carbocycles. The van der Waals surface area contributed by atoms with Crippen LogP contribution in [0.1, 0.15) is 56.6 Å². The fourth-order valence-electron chi connectivity index (χ4n) is 2.88. The van der Waals surface area contributed by atoms with E-state index < -0.39 is 5.97 Å². The molecule has 0 atom stereocenters. The average Bonchev–Trinajstić information content (AvgIpc) is 2.68. The standard InChI is InChI=1S/C21H30ClNO4S/c1-5-6-7-8-9-10-20(26)28-14-18(24)23(13-19(25)27-4)21-15(2)11-12-17(22)16(21)3/h11-12H,5-10,13-14H2,1-4H3. The first kappa shape index (κ1) is 24.5. The molecular weight excluding hydrogens is 398 g/mol. The minimum absolute atomic E-state index is 0.00223. The highest BCUT2D eigenvalue weighted by molar-refractivity contribution is 8.14.